The Morgan fingerprint density at radius 3 is 2.67 bits per heavy atom. The van der Waals surface area contributed by atoms with Crippen molar-refractivity contribution < 1.29 is 9.53 Å². The molecule has 1 fully saturated rings. The summed E-state index contributed by atoms with van der Waals surface area (Å²) in [6.07, 6.45) is 3.20. The molecule has 1 atom stereocenters. The predicted octanol–water partition coefficient (Wildman–Crippen LogP) is 4.52. The van der Waals surface area contributed by atoms with Crippen molar-refractivity contribution in [3.05, 3.63) is 76.7 Å². The van der Waals surface area contributed by atoms with Crippen molar-refractivity contribution in [2.75, 3.05) is 6.61 Å². The summed E-state index contributed by atoms with van der Waals surface area (Å²) in [5.74, 6) is 0.0607. The minimum Gasteiger partial charge on any atom is -0.368 e. The molecule has 4 rings (SSSR count). The number of hydrogen-bond acceptors (Lipinski definition) is 4. The molecule has 2 heterocycles. The van der Waals surface area contributed by atoms with Gasteiger partial charge in [0.2, 0.25) is 0 Å². The third-order valence-electron chi connectivity index (χ3n) is 4.79. The molecule has 1 amide bonds. The molecule has 3 aromatic rings. The van der Waals surface area contributed by atoms with Gasteiger partial charge in [0.05, 0.1) is 6.54 Å². The molecule has 1 saturated heterocycles. The first-order valence-electron chi connectivity index (χ1n) is 9.23. The van der Waals surface area contributed by atoms with E-state index in [1.807, 2.05) is 40.6 Å². The molecular formula is C22H22N2O2S. The zero-order valence-corrected chi connectivity index (χ0v) is 15.9. The molecule has 1 aliphatic heterocycles. The van der Waals surface area contributed by atoms with Gasteiger partial charge in [0, 0.05) is 24.7 Å². The molecule has 1 aliphatic rings. The van der Waals surface area contributed by atoms with Crippen LogP contribution < -0.4 is 0 Å². The molecule has 1 aromatic heterocycles. The molecule has 2 aromatic carbocycles. The lowest BCUT2D eigenvalue weighted by Gasteiger charge is -2.25. The number of carbonyl (C=O) groups excluding carboxylic acids is 1. The van der Waals surface area contributed by atoms with Crippen molar-refractivity contribution in [2.45, 2.75) is 32.0 Å². The molecule has 0 unspecified atom stereocenters. The van der Waals surface area contributed by atoms with Crippen LogP contribution in [0.15, 0.2) is 66.2 Å². The van der Waals surface area contributed by atoms with Gasteiger partial charge in [-0.05, 0) is 29.5 Å². The van der Waals surface area contributed by atoms with Crippen molar-refractivity contribution in [3.8, 4) is 11.1 Å². The normalized spacial score (nSPS) is 16.4. The van der Waals surface area contributed by atoms with Crippen molar-refractivity contribution in [1.82, 2.24) is 9.88 Å². The average molecular weight is 378 g/mol. The monoisotopic (exact) mass is 378 g/mol. The SMILES string of the molecule is O=C([C@@H]1CCCO1)N(Cc1nccs1)Cc1ccccc1-c1ccccc1. The number of thiazole rings is 1. The summed E-state index contributed by atoms with van der Waals surface area (Å²) in [6, 6.07) is 18.6. The van der Waals surface area contributed by atoms with Gasteiger partial charge in [0.15, 0.2) is 0 Å². The van der Waals surface area contributed by atoms with Crippen LogP contribution in [0.2, 0.25) is 0 Å². The van der Waals surface area contributed by atoms with E-state index in [9.17, 15) is 4.79 Å². The first-order valence-corrected chi connectivity index (χ1v) is 10.1. The van der Waals surface area contributed by atoms with Gasteiger partial charge in [-0.2, -0.15) is 0 Å². The lowest BCUT2D eigenvalue weighted by molar-refractivity contribution is -0.142. The predicted molar refractivity (Wildman–Crippen MR) is 107 cm³/mol. The number of hydrogen-bond donors (Lipinski definition) is 0. The second-order valence-corrected chi connectivity index (χ2v) is 7.62. The number of amides is 1. The van der Waals surface area contributed by atoms with Gasteiger partial charge in [0.25, 0.3) is 5.91 Å². The van der Waals surface area contributed by atoms with E-state index in [2.05, 4.69) is 29.2 Å². The summed E-state index contributed by atoms with van der Waals surface area (Å²) in [4.78, 5) is 19.4. The van der Waals surface area contributed by atoms with E-state index in [-0.39, 0.29) is 12.0 Å². The topological polar surface area (TPSA) is 42.4 Å². The Bertz CT molecular complexity index is 874. The van der Waals surface area contributed by atoms with Gasteiger partial charge in [-0.1, -0.05) is 54.6 Å². The minimum atomic E-state index is -0.325. The molecule has 5 heteroatoms. The zero-order valence-electron chi connectivity index (χ0n) is 15.1. The Kier molecular flexibility index (Phi) is 5.61. The van der Waals surface area contributed by atoms with E-state index in [1.165, 1.54) is 0 Å². The molecule has 0 N–H and O–H groups in total. The van der Waals surface area contributed by atoms with Crippen LogP contribution in [0, 0.1) is 0 Å². The van der Waals surface area contributed by atoms with Crippen molar-refractivity contribution in [3.63, 3.8) is 0 Å². The maximum Gasteiger partial charge on any atom is 0.252 e. The Morgan fingerprint density at radius 1 is 1.11 bits per heavy atom. The summed E-state index contributed by atoms with van der Waals surface area (Å²) in [5.41, 5.74) is 3.45. The van der Waals surface area contributed by atoms with Crippen LogP contribution in [0.1, 0.15) is 23.4 Å². The summed E-state index contributed by atoms with van der Waals surface area (Å²) >= 11 is 1.58. The Hall–Kier alpha value is -2.50. The van der Waals surface area contributed by atoms with Crippen LogP contribution in [-0.4, -0.2) is 28.5 Å². The van der Waals surface area contributed by atoms with Crippen molar-refractivity contribution in [1.29, 1.82) is 0 Å². The average Bonchev–Trinajstić information content (AvgIpc) is 3.42. The van der Waals surface area contributed by atoms with Crippen LogP contribution in [0.4, 0.5) is 0 Å². The quantitative estimate of drug-likeness (QED) is 0.633. The highest BCUT2D eigenvalue weighted by Crippen LogP contribution is 2.26. The van der Waals surface area contributed by atoms with E-state index in [4.69, 9.17) is 4.74 Å². The number of ether oxygens (including phenoxy) is 1. The number of carbonyl (C=O) groups is 1. The number of aromatic nitrogens is 1. The third-order valence-corrected chi connectivity index (χ3v) is 5.55. The molecule has 0 bridgehead atoms. The molecular weight excluding hydrogens is 356 g/mol. The molecule has 27 heavy (non-hydrogen) atoms. The summed E-state index contributed by atoms with van der Waals surface area (Å²) < 4.78 is 5.66. The fraction of sp³-hybridized carbons (Fsp3) is 0.273. The van der Waals surface area contributed by atoms with Gasteiger partial charge >= 0.3 is 0 Å². The zero-order chi connectivity index (χ0) is 18.5. The van der Waals surface area contributed by atoms with E-state index < -0.39 is 0 Å². The Labute approximate surface area is 163 Å². The van der Waals surface area contributed by atoms with Gasteiger partial charge in [-0.25, -0.2) is 4.98 Å². The second kappa shape index (κ2) is 8.46. The Morgan fingerprint density at radius 2 is 1.93 bits per heavy atom. The molecule has 4 nitrogen and oxygen atoms in total. The molecule has 0 saturated carbocycles. The molecule has 0 radical (unpaired) electrons. The molecule has 138 valence electrons. The maximum absolute atomic E-state index is 13.1. The standard InChI is InChI=1S/C22H22N2O2S/c25-22(20-11-6-13-26-20)24(16-21-23-12-14-27-21)15-18-9-4-5-10-19(18)17-7-2-1-3-8-17/h1-5,7-10,12,14,20H,6,11,13,15-16H2/t20-/m0/s1. The van der Waals surface area contributed by atoms with Crippen LogP contribution in [-0.2, 0) is 22.6 Å². The summed E-state index contributed by atoms with van der Waals surface area (Å²) in [5, 5.41) is 2.89. The van der Waals surface area contributed by atoms with Crippen molar-refractivity contribution in [2.24, 2.45) is 0 Å². The van der Waals surface area contributed by atoms with E-state index in [1.54, 1.807) is 17.5 Å². The molecule has 0 aliphatic carbocycles. The van der Waals surface area contributed by atoms with Crippen LogP contribution in [0.5, 0.6) is 0 Å². The number of rotatable bonds is 6. The third kappa shape index (κ3) is 4.26. The highest BCUT2D eigenvalue weighted by molar-refractivity contribution is 7.09. The first kappa shape index (κ1) is 17.9. The van der Waals surface area contributed by atoms with Gasteiger partial charge in [-0.15, -0.1) is 11.3 Å². The Balaban J connectivity index is 1.62. The largest absolute Gasteiger partial charge is 0.368 e. The van der Waals surface area contributed by atoms with Crippen LogP contribution >= 0.6 is 11.3 Å². The van der Waals surface area contributed by atoms with E-state index in [0.29, 0.717) is 19.7 Å². The van der Waals surface area contributed by atoms with Crippen LogP contribution in [0.3, 0.4) is 0 Å². The fourth-order valence-corrected chi connectivity index (χ4v) is 4.08. The number of nitrogens with zero attached hydrogens (tertiary/aromatic N) is 2. The lowest BCUT2D eigenvalue weighted by atomic mass is 9.99. The highest BCUT2D eigenvalue weighted by Gasteiger charge is 2.29. The first-order chi connectivity index (χ1) is 13.3. The van der Waals surface area contributed by atoms with Crippen molar-refractivity contribution >= 4 is 17.2 Å². The minimum absolute atomic E-state index is 0.0607. The lowest BCUT2D eigenvalue weighted by Crippen LogP contribution is -2.38. The number of benzene rings is 2. The van der Waals surface area contributed by atoms with E-state index in [0.717, 1.165) is 34.5 Å². The van der Waals surface area contributed by atoms with Gasteiger partial charge in [0.1, 0.15) is 11.1 Å². The van der Waals surface area contributed by atoms with Crippen LogP contribution in [0.25, 0.3) is 11.1 Å². The second-order valence-electron chi connectivity index (χ2n) is 6.64. The summed E-state index contributed by atoms with van der Waals surface area (Å²) in [7, 11) is 0. The van der Waals surface area contributed by atoms with Gasteiger partial charge in [-0.3, -0.25) is 4.79 Å². The van der Waals surface area contributed by atoms with Gasteiger partial charge < -0.3 is 9.64 Å². The highest BCUT2D eigenvalue weighted by atomic mass is 32.1. The fourth-order valence-electron chi connectivity index (χ4n) is 3.45. The molecule has 0 spiro atoms. The summed E-state index contributed by atoms with van der Waals surface area (Å²) in [6.45, 7) is 1.73. The maximum atomic E-state index is 13.1. The van der Waals surface area contributed by atoms with E-state index >= 15 is 0 Å². The smallest absolute Gasteiger partial charge is 0.252 e.